The predicted molar refractivity (Wildman–Crippen MR) is 59.8 cm³/mol. The van der Waals surface area contributed by atoms with Crippen molar-refractivity contribution < 1.29 is 4.79 Å². The van der Waals surface area contributed by atoms with Gasteiger partial charge in [-0.25, -0.2) is 0 Å². The molecule has 0 aliphatic heterocycles. The monoisotopic (exact) mass is 195 g/mol. The van der Waals surface area contributed by atoms with Crippen molar-refractivity contribution in [3.8, 4) is 11.8 Å². The van der Waals surface area contributed by atoms with Crippen molar-refractivity contribution in [2.24, 2.45) is 0 Å². The Bertz CT molecular complexity index is 190. The van der Waals surface area contributed by atoms with Gasteiger partial charge < -0.3 is 4.90 Å². The minimum absolute atomic E-state index is 0.847. The molecule has 0 saturated heterocycles. The van der Waals surface area contributed by atoms with Gasteiger partial charge in [0.2, 0.25) is 6.41 Å². The van der Waals surface area contributed by atoms with Crippen LogP contribution in [0.5, 0.6) is 0 Å². The van der Waals surface area contributed by atoms with E-state index >= 15 is 0 Å². The van der Waals surface area contributed by atoms with Gasteiger partial charge in [-0.15, -0.1) is 11.8 Å². The molecule has 0 N–H and O–H groups in total. The minimum Gasteiger partial charge on any atom is -0.348 e. The van der Waals surface area contributed by atoms with Gasteiger partial charge in [-0.05, 0) is 19.3 Å². The van der Waals surface area contributed by atoms with Crippen molar-refractivity contribution in [3.63, 3.8) is 0 Å². The molecule has 2 heteroatoms. The molecule has 0 fully saturated rings. The third-order valence-corrected chi connectivity index (χ3v) is 2.02. The van der Waals surface area contributed by atoms with Crippen LogP contribution in [0.3, 0.4) is 0 Å². The molecule has 14 heavy (non-hydrogen) atoms. The Morgan fingerprint density at radius 3 is 2.36 bits per heavy atom. The number of hydrogen-bond donors (Lipinski definition) is 0. The summed E-state index contributed by atoms with van der Waals surface area (Å²) in [4.78, 5) is 11.9. The van der Waals surface area contributed by atoms with E-state index in [-0.39, 0.29) is 0 Å². The van der Waals surface area contributed by atoms with Gasteiger partial charge in [-0.2, -0.15) is 0 Å². The molecular weight excluding hydrogens is 174 g/mol. The van der Waals surface area contributed by atoms with E-state index in [0.29, 0.717) is 0 Å². The highest BCUT2D eigenvalue weighted by molar-refractivity contribution is 5.46. The van der Waals surface area contributed by atoms with Crippen molar-refractivity contribution in [1.29, 1.82) is 0 Å². The summed E-state index contributed by atoms with van der Waals surface area (Å²) in [5.74, 6) is 6.31. The Balaban J connectivity index is 3.18. The molecule has 0 unspecified atom stereocenters. The van der Waals surface area contributed by atoms with E-state index in [1.54, 1.807) is 11.9 Å². The van der Waals surface area contributed by atoms with Gasteiger partial charge in [0.1, 0.15) is 0 Å². The van der Waals surface area contributed by atoms with Gasteiger partial charge in [-0.1, -0.05) is 13.3 Å². The Hall–Kier alpha value is -0.970. The maximum absolute atomic E-state index is 10.2. The van der Waals surface area contributed by atoms with E-state index in [4.69, 9.17) is 0 Å². The van der Waals surface area contributed by atoms with Gasteiger partial charge in [0, 0.05) is 26.4 Å². The van der Waals surface area contributed by atoms with Crippen LogP contribution in [0, 0.1) is 11.8 Å². The van der Waals surface area contributed by atoms with Crippen molar-refractivity contribution >= 4 is 6.41 Å². The standard InChI is InChI=1S/C12H21NO/c1-3-4-5-6-7-8-9-10-11-13(2)12-14/h12H,3-5,8-11H2,1-2H3. The molecule has 0 aromatic carbocycles. The van der Waals surface area contributed by atoms with Crippen LogP contribution in [0.1, 0.15) is 45.4 Å². The second-order valence-corrected chi connectivity index (χ2v) is 3.50. The van der Waals surface area contributed by atoms with Gasteiger partial charge in [0.05, 0.1) is 0 Å². The maximum atomic E-state index is 10.2. The summed E-state index contributed by atoms with van der Waals surface area (Å²) in [5.41, 5.74) is 0. The molecule has 0 heterocycles. The summed E-state index contributed by atoms with van der Waals surface area (Å²) in [7, 11) is 1.81. The third-order valence-electron chi connectivity index (χ3n) is 2.02. The molecule has 80 valence electrons. The lowest BCUT2D eigenvalue weighted by Crippen LogP contribution is -2.16. The fourth-order valence-corrected chi connectivity index (χ4v) is 1.07. The number of carbonyl (C=O) groups excluding carboxylic acids is 1. The molecule has 0 aromatic rings. The van der Waals surface area contributed by atoms with Crippen LogP contribution in [0.25, 0.3) is 0 Å². The summed E-state index contributed by atoms with van der Waals surface area (Å²) in [6.07, 6.45) is 7.45. The van der Waals surface area contributed by atoms with Gasteiger partial charge in [0.15, 0.2) is 0 Å². The van der Waals surface area contributed by atoms with E-state index in [2.05, 4.69) is 18.8 Å². The zero-order chi connectivity index (χ0) is 10.6. The van der Waals surface area contributed by atoms with Crippen LogP contribution in [0.2, 0.25) is 0 Å². The van der Waals surface area contributed by atoms with Gasteiger partial charge in [0.25, 0.3) is 0 Å². The average Bonchev–Trinajstić information content (AvgIpc) is 2.21. The Morgan fingerprint density at radius 2 is 1.79 bits per heavy atom. The SMILES string of the molecule is CCCCC#CCCCCN(C)C=O. The van der Waals surface area contributed by atoms with Crippen molar-refractivity contribution in [1.82, 2.24) is 4.90 Å². The first-order valence-electron chi connectivity index (χ1n) is 5.42. The minimum atomic E-state index is 0.847. The van der Waals surface area contributed by atoms with Crippen LogP contribution in [-0.4, -0.2) is 24.9 Å². The van der Waals surface area contributed by atoms with E-state index in [9.17, 15) is 4.79 Å². The Morgan fingerprint density at radius 1 is 1.14 bits per heavy atom. The molecular formula is C12H21NO. The van der Waals surface area contributed by atoms with E-state index in [0.717, 1.165) is 38.6 Å². The van der Waals surface area contributed by atoms with Crippen LogP contribution in [-0.2, 0) is 4.79 Å². The molecule has 0 aliphatic rings. The number of rotatable bonds is 7. The molecule has 0 radical (unpaired) electrons. The maximum Gasteiger partial charge on any atom is 0.209 e. The van der Waals surface area contributed by atoms with Crippen LogP contribution < -0.4 is 0 Å². The highest BCUT2D eigenvalue weighted by Gasteiger charge is 1.91. The van der Waals surface area contributed by atoms with Gasteiger partial charge in [-0.3, -0.25) is 4.79 Å². The summed E-state index contributed by atoms with van der Waals surface area (Å²) in [5, 5.41) is 0. The number of carbonyl (C=O) groups is 1. The number of nitrogens with zero attached hydrogens (tertiary/aromatic N) is 1. The summed E-state index contributed by atoms with van der Waals surface area (Å²) in [6, 6.07) is 0. The fraction of sp³-hybridized carbons (Fsp3) is 0.750. The molecule has 2 nitrogen and oxygen atoms in total. The molecule has 0 saturated carbocycles. The van der Waals surface area contributed by atoms with E-state index in [1.807, 2.05) is 0 Å². The highest BCUT2D eigenvalue weighted by Crippen LogP contribution is 1.96. The number of unbranched alkanes of at least 4 members (excludes halogenated alkanes) is 4. The van der Waals surface area contributed by atoms with Crippen molar-refractivity contribution in [2.45, 2.75) is 45.4 Å². The first kappa shape index (κ1) is 13.0. The molecule has 0 rings (SSSR count). The zero-order valence-electron chi connectivity index (χ0n) is 9.38. The van der Waals surface area contributed by atoms with Crippen molar-refractivity contribution in [3.05, 3.63) is 0 Å². The highest BCUT2D eigenvalue weighted by atomic mass is 16.1. The fourth-order valence-electron chi connectivity index (χ4n) is 1.07. The number of amides is 1. The van der Waals surface area contributed by atoms with Crippen LogP contribution in [0.15, 0.2) is 0 Å². The van der Waals surface area contributed by atoms with E-state index in [1.165, 1.54) is 12.8 Å². The average molecular weight is 195 g/mol. The summed E-state index contributed by atoms with van der Waals surface area (Å²) in [6.45, 7) is 3.02. The largest absolute Gasteiger partial charge is 0.348 e. The predicted octanol–water partition coefficient (Wildman–Crippen LogP) is 2.44. The van der Waals surface area contributed by atoms with Gasteiger partial charge >= 0.3 is 0 Å². The van der Waals surface area contributed by atoms with Crippen LogP contribution >= 0.6 is 0 Å². The molecule has 0 atom stereocenters. The van der Waals surface area contributed by atoms with Crippen molar-refractivity contribution in [2.75, 3.05) is 13.6 Å². The third kappa shape index (κ3) is 9.12. The van der Waals surface area contributed by atoms with E-state index < -0.39 is 0 Å². The first-order valence-corrected chi connectivity index (χ1v) is 5.42. The Kier molecular flexibility index (Phi) is 9.41. The Labute approximate surface area is 87.7 Å². The number of hydrogen-bond acceptors (Lipinski definition) is 1. The quantitative estimate of drug-likeness (QED) is 0.347. The lowest BCUT2D eigenvalue weighted by Gasteiger charge is -2.08. The topological polar surface area (TPSA) is 20.3 Å². The zero-order valence-corrected chi connectivity index (χ0v) is 9.38. The normalized spacial score (nSPS) is 9.00. The molecule has 0 bridgehead atoms. The smallest absolute Gasteiger partial charge is 0.209 e. The molecule has 0 aliphatic carbocycles. The first-order chi connectivity index (χ1) is 6.81. The molecule has 0 spiro atoms. The van der Waals surface area contributed by atoms with Crippen LogP contribution in [0.4, 0.5) is 0 Å². The molecule has 0 aromatic heterocycles. The lowest BCUT2D eigenvalue weighted by molar-refractivity contribution is -0.117. The summed E-state index contributed by atoms with van der Waals surface area (Å²) >= 11 is 0. The summed E-state index contributed by atoms with van der Waals surface area (Å²) < 4.78 is 0. The molecule has 1 amide bonds. The lowest BCUT2D eigenvalue weighted by atomic mass is 10.2. The second kappa shape index (κ2) is 10.1. The second-order valence-electron chi connectivity index (χ2n) is 3.50.